The number of rotatable bonds is 2. The molecule has 2 aromatic rings. The van der Waals surface area contributed by atoms with Gasteiger partial charge in [-0.25, -0.2) is 15.0 Å². The SMILES string of the molecule is Cc1ccnc(N2CC3CC(C2)N3c2cc(=O)n(C)cn2)n1. The Morgan fingerprint density at radius 3 is 2.68 bits per heavy atom. The number of fused-ring (bicyclic) bond motifs is 2. The predicted molar refractivity (Wildman–Crippen MR) is 83.1 cm³/mol. The Bertz CT molecular complexity index is 761. The van der Waals surface area contributed by atoms with Gasteiger partial charge >= 0.3 is 0 Å². The van der Waals surface area contributed by atoms with Gasteiger partial charge in [0.05, 0.1) is 18.4 Å². The molecule has 0 aliphatic carbocycles. The first-order valence-electron chi connectivity index (χ1n) is 7.47. The largest absolute Gasteiger partial charge is 0.347 e. The van der Waals surface area contributed by atoms with Crippen LogP contribution in [-0.2, 0) is 7.05 Å². The van der Waals surface area contributed by atoms with Gasteiger partial charge in [0.15, 0.2) is 0 Å². The number of piperazine rings is 1. The zero-order chi connectivity index (χ0) is 15.3. The maximum Gasteiger partial charge on any atom is 0.255 e. The number of hydrogen-bond donors (Lipinski definition) is 0. The summed E-state index contributed by atoms with van der Waals surface area (Å²) in [5, 5.41) is 0. The topological polar surface area (TPSA) is 67.2 Å². The lowest BCUT2D eigenvalue weighted by molar-refractivity contribution is 0.286. The van der Waals surface area contributed by atoms with Crippen molar-refractivity contribution >= 4 is 11.8 Å². The summed E-state index contributed by atoms with van der Waals surface area (Å²) >= 11 is 0. The van der Waals surface area contributed by atoms with Crippen molar-refractivity contribution in [1.29, 1.82) is 0 Å². The second-order valence-electron chi connectivity index (χ2n) is 6.05. The van der Waals surface area contributed by atoms with Gasteiger partial charge in [0.1, 0.15) is 5.82 Å². The Hall–Kier alpha value is -2.44. The minimum atomic E-state index is -0.0196. The van der Waals surface area contributed by atoms with Gasteiger partial charge in [0.25, 0.3) is 5.56 Å². The zero-order valence-corrected chi connectivity index (χ0v) is 12.7. The van der Waals surface area contributed by atoms with Gasteiger partial charge in [-0.15, -0.1) is 0 Å². The molecule has 3 aliphatic rings. The zero-order valence-electron chi connectivity index (χ0n) is 12.7. The summed E-state index contributed by atoms with van der Waals surface area (Å²) in [7, 11) is 1.72. The van der Waals surface area contributed by atoms with Crippen molar-refractivity contribution in [3.63, 3.8) is 0 Å². The Kier molecular flexibility index (Phi) is 2.88. The lowest BCUT2D eigenvalue weighted by Crippen LogP contribution is -2.69. The van der Waals surface area contributed by atoms with Crippen LogP contribution >= 0.6 is 0 Å². The summed E-state index contributed by atoms with van der Waals surface area (Å²) < 4.78 is 1.49. The monoisotopic (exact) mass is 298 g/mol. The molecule has 2 atom stereocenters. The number of nitrogens with zero attached hydrogens (tertiary/aromatic N) is 6. The van der Waals surface area contributed by atoms with Crippen molar-refractivity contribution in [1.82, 2.24) is 19.5 Å². The van der Waals surface area contributed by atoms with Crippen molar-refractivity contribution in [3.05, 3.63) is 40.7 Å². The summed E-state index contributed by atoms with van der Waals surface area (Å²) in [6.07, 6.45) is 4.53. The van der Waals surface area contributed by atoms with E-state index in [1.165, 1.54) is 4.57 Å². The molecule has 0 N–H and O–H groups in total. The normalized spacial score (nSPS) is 23.4. The van der Waals surface area contributed by atoms with E-state index < -0.39 is 0 Å². The summed E-state index contributed by atoms with van der Waals surface area (Å²) in [6.45, 7) is 3.72. The average molecular weight is 298 g/mol. The highest BCUT2D eigenvalue weighted by molar-refractivity contribution is 5.49. The van der Waals surface area contributed by atoms with Crippen LogP contribution in [0.5, 0.6) is 0 Å². The fourth-order valence-corrected chi connectivity index (χ4v) is 3.33. The van der Waals surface area contributed by atoms with Crippen LogP contribution in [0.2, 0.25) is 0 Å². The van der Waals surface area contributed by atoms with Crippen molar-refractivity contribution in [3.8, 4) is 0 Å². The Balaban J connectivity index is 1.55. The molecule has 0 aromatic carbocycles. The number of aryl methyl sites for hydroxylation is 2. The van der Waals surface area contributed by atoms with Crippen LogP contribution < -0.4 is 15.4 Å². The van der Waals surface area contributed by atoms with E-state index >= 15 is 0 Å². The molecule has 3 fully saturated rings. The van der Waals surface area contributed by atoms with Crippen LogP contribution in [0, 0.1) is 6.92 Å². The van der Waals surface area contributed by atoms with E-state index in [1.807, 2.05) is 13.0 Å². The first-order valence-corrected chi connectivity index (χ1v) is 7.47. The third kappa shape index (κ3) is 2.04. The molecule has 22 heavy (non-hydrogen) atoms. The standard InChI is InChI=1S/C15H18N6O/c1-10-3-4-16-15(18-10)20-7-11-5-12(8-20)21(11)13-6-14(22)19(2)9-17-13/h3-4,6,9,11-12H,5,7-8H2,1-2H3. The number of hydrogen-bond acceptors (Lipinski definition) is 6. The maximum absolute atomic E-state index is 11.8. The van der Waals surface area contributed by atoms with Crippen molar-refractivity contribution < 1.29 is 0 Å². The highest BCUT2D eigenvalue weighted by Crippen LogP contribution is 2.36. The Labute approximate surface area is 128 Å². The molecule has 2 unspecified atom stereocenters. The van der Waals surface area contributed by atoms with E-state index in [-0.39, 0.29) is 5.56 Å². The van der Waals surface area contributed by atoms with Crippen LogP contribution in [-0.4, -0.2) is 44.7 Å². The van der Waals surface area contributed by atoms with Gasteiger partial charge in [0, 0.05) is 38.1 Å². The Morgan fingerprint density at radius 2 is 2.00 bits per heavy atom. The minimum absolute atomic E-state index is 0.0196. The molecule has 0 amide bonds. The molecule has 0 spiro atoms. The average Bonchev–Trinajstić information content (AvgIpc) is 2.51. The summed E-state index contributed by atoms with van der Waals surface area (Å²) in [5.41, 5.74) is 0.961. The first kappa shape index (κ1) is 13.2. The molecule has 5 rings (SSSR count). The van der Waals surface area contributed by atoms with E-state index in [4.69, 9.17) is 0 Å². The molecule has 0 radical (unpaired) electrons. The number of aromatic nitrogens is 4. The van der Waals surface area contributed by atoms with Gasteiger partial charge in [-0.1, -0.05) is 0 Å². The molecule has 7 heteroatoms. The van der Waals surface area contributed by atoms with Gasteiger partial charge in [-0.2, -0.15) is 0 Å². The fourth-order valence-electron chi connectivity index (χ4n) is 3.33. The lowest BCUT2D eigenvalue weighted by Gasteiger charge is -2.56. The van der Waals surface area contributed by atoms with E-state index in [1.54, 1.807) is 25.6 Å². The van der Waals surface area contributed by atoms with Crippen molar-refractivity contribution in [2.75, 3.05) is 22.9 Å². The number of anilines is 2. The van der Waals surface area contributed by atoms with E-state index in [0.29, 0.717) is 12.1 Å². The third-order valence-corrected chi connectivity index (χ3v) is 4.49. The van der Waals surface area contributed by atoms with Crippen molar-refractivity contribution in [2.45, 2.75) is 25.4 Å². The second-order valence-corrected chi connectivity index (χ2v) is 6.05. The third-order valence-electron chi connectivity index (χ3n) is 4.49. The van der Waals surface area contributed by atoms with Crippen LogP contribution in [0.3, 0.4) is 0 Å². The molecular formula is C15H18N6O. The van der Waals surface area contributed by atoms with Gasteiger partial charge in [-0.3, -0.25) is 4.79 Å². The van der Waals surface area contributed by atoms with Crippen LogP contribution in [0.15, 0.2) is 29.5 Å². The van der Waals surface area contributed by atoms with Crippen LogP contribution in [0.4, 0.5) is 11.8 Å². The summed E-state index contributed by atoms with van der Waals surface area (Å²) in [5.74, 6) is 1.58. The predicted octanol–water partition coefficient (Wildman–Crippen LogP) is 0.346. The summed E-state index contributed by atoms with van der Waals surface area (Å²) in [4.78, 5) is 29.5. The molecule has 0 saturated carbocycles. The van der Waals surface area contributed by atoms with Crippen LogP contribution in [0.1, 0.15) is 12.1 Å². The van der Waals surface area contributed by atoms with Gasteiger partial charge in [-0.05, 0) is 19.4 Å². The van der Waals surface area contributed by atoms with Crippen LogP contribution in [0.25, 0.3) is 0 Å². The van der Waals surface area contributed by atoms with Gasteiger partial charge in [0.2, 0.25) is 5.95 Å². The molecule has 3 saturated heterocycles. The molecule has 5 heterocycles. The fraction of sp³-hybridized carbons (Fsp3) is 0.467. The molecule has 7 nitrogen and oxygen atoms in total. The molecule has 3 aliphatic heterocycles. The smallest absolute Gasteiger partial charge is 0.255 e. The highest BCUT2D eigenvalue weighted by atomic mass is 16.1. The van der Waals surface area contributed by atoms with E-state index in [2.05, 4.69) is 24.8 Å². The van der Waals surface area contributed by atoms with E-state index in [0.717, 1.165) is 37.0 Å². The van der Waals surface area contributed by atoms with E-state index in [9.17, 15) is 4.79 Å². The highest BCUT2D eigenvalue weighted by Gasteiger charge is 2.46. The Morgan fingerprint density at radius 1 is 1.23 bits per heavy atom. The molecule has 2 aromatic heterocycles. The summed E-state index contributed by atoms with van der Waals surface area (Å²) in [6, 6.07) is 4.28. The molecule has 114 valence electrons. The minimum Gasteiger partial charge on any atom is -0.347 e. The lowest BCUT2D eigenvalue weighted by atomic mass is 9.87. The molecular weight excluding hydrogens is 280 g/mol. The first-order chi connectivity index (χ1) is 10.6. The number of piperidine rings is 1. The quantitative estimate of drug-likeness (QED) is 0.797. The van der Waals surface area contributed by atoms with Crippen molar-refractivity contribution in [2.24, 2.45) is 7.05 Å². The second kappa shape index (κ2) is 4.79. The van der Waals surface area contributed by atoms with Gasteiger partial charge < -0.3 is 14.4 Å². The maximum atomic E-state index is 11.8. The molecule has 2 bridgehead atoms.